The summed E-state index contributed by atoms with van der Waals surface area (Å²) < 4.78 is 24.1. The second-order valence-corrected chi connectivity index (χ2v) is 4.24. The van der Waals surface area contributed by atoms with E-state index in [1.165, 1.54) is 24.1 Å². The number of amides is 1. The number of carbonyl (C=O) groups excluding carboxylic acids is 1. The number of carbonyl (C=O) groups is 1. The molecule has 0 bridgehead atoms. The molecule has 1 aromatic carbocycles. The van der Waals surface area contributed by atoms with E-state index >= 15 is 0 Å². The molecule has 1 unspecified atom stereocenters. The smallest absolute Gasteiger partial charge is 0.260 e. The summed E-state index contributed by atoms with van der Waals surface area (Å²) in [5, 5.41) is 9.05. The Morgan fingerprint density at radius 2 is 2.42 bits per heavy atom. The fraction of sp³-hybridized carbons (Fsp3) is 0.462. The van der Waals surface area contributed by atoms with Crippen LogP contribution >= 0.6 is 0 Å². The summed E-state index contributed by atoms with van der Waals surface area (Å²) in [4.78, 5) is 13.8. The van der Waals surface area contributed by atoms with Crippen molar-refractivity contribution in [3.8, 4) is 5.75 Å². The first-order valence-electron chi connectivity index (χ1n) is 6.01. The van der Waals surface area contributed by atoms with Gasteiger partial charge in [-0.3, -0.25) is 4.79 Å². The van der Waals surface area contributed by atoms with Crippen molar-refractivity contribution in [1.29, 1.82) is 0 Å². The van der Waals surface area contributed by atoms with E-state index in [1.54, 1.807) is 6.07 Å². The Kier molecular flexibility index (Phi) is 4.34. The lowest BCUT2D eigenvalue weighted by atomic mass is 10.1. The minimum absolute atomic E-state index is 0.0800. The minimum atomic E-state index is -0.614. The van der Waals surface area contributed by atoms with Crippen LogP contribution in [-0.4, -0.2) is 55.4 Å². The third-order valence-corrected chi connectivity index (χ3v) is 3.04. The number of methoxy groups -OCH3 is 1. The fourth-order valence-electron chi connectivity index (χ4n) is 2.05. The zero-order valence-corrected chi connectivity index (χ0v) is 10.6. The highest BCUT2D eigenvalue weighted by Gasteiger charge is 2.28. The molecule has 1 atom stereocenters. The lowest BCUT2D eigenvalue weighted by Gasteiger charge is -2.32. The first kappa shape index (κ1) is 13.8. The van der Waals surface area contributed by atoms with E-state index < -0.39 is 17.8 Å². The number of hydrogen-bond donors (Lipinski definition) is 1. The minimum Gasteiger partial charge on any atom is -0.496 e. The number of rotatable bonds is 3. The van der Waals surface area contributed by atoms with Gasteiger partial charge in [0.15, 0.2) is 0 Å². The van der Waals surface area contributed by atoms with Gasteiger partial charge in [-0.05, 0) is 12.1 Å². The molecule has 1 aliphatic heterocycles. The average Bonchev–Trinajstić information content (AvgIpc) is 2.46. The quantitative estimate of drug-likeness (QED) is 0.876. The Bertz CT molecular complexity index is 466. The van der Waals surface area contributed by atoms with Crippen molar-refractivity contribution in [3.63, 3.8) is 0 Å². The molecule has 0 aromatic heterocycles. The highest BCUT2D eigenvalue weighted by molar-refractivity contribution is 5.97. The standard InChI is InChI=1S/C13H16FNO4/c1-18-11-4-2-3-10(14)12(11)13(17)15-5-6-19-9(7-15)8-16/h2-4,9,16H,5-8H2,1H3. The predicted octanol–water partition coefficient (Wildman–Crippen LogP) is 0.668. The third-order valence-electron chi connectivity index (χ3n) is 3.04. The van der Waals surface area contributed by atoms with Gasteiger partial charge in [-0.1, -0.05) is 6.07 Å². The van der Waals surface area contributed by atoms with Crippen LogP contribution < -0.4 is 4.74 Å². The molecule has 1 fully saturated rings. The summed E-state index contributed by atoms with van der Waals surface area (Å²) in [7, 11) is 1.39. The Morgan fingerprint density at radius 1 is 1.63 bits per heavy atom. The zero-order valence-electron chi connectivity index (χ0n) is 10.6. The van der Waals surface area contributed by atoms with Crippen LogP contribution in [0.5, 0.6) is 5.75 Å². The van der Waals surface area contributed by atoms with Crippen LogP contribution in [0.15, 0.2) is 18.2 Å². The van der Waals surface area contributed by atoms with Gasteiger partial charge in [0.2, 0.25) is 0 Å². The number of aliphatic hydroxyl groups is 1. The summed E-state index contributed by atoms with van der Waals surface area (Å²) in [6.45, 7) is 0.769. The molecule has 0 spiro atoms. The first-order chi connectivity index (χ1) is 9.17. The normalized spacial score (nSPS) is 19.3. The van der Waals surface area contributed by atoms with E-state index in [0.29, 0.717) is 13.2 Å². The number of benzene rings is 1. The molecule has 1 saturated heterocycles. The second kappa shape index (κ2) is 5.99. The lowest BCUT2D eigenvalue weighted by Crippen LogP contribution is -2.47. The lowest BCUT2D eigenvalue weighted by molar-refractivity contribution is -0.0448. The van der Waals surface area contributed by atoms with Crippen molar-refractivity contribution in [2.75, 3.05) is 33.4 Å². The van der Waals surface area contributed by atoms with Crippen LogP contribution in [0, 0.1) is 5.82 Å². The molecule has 1 N–H and O–H groups in total. The molecule has 5 nitrogen and oxygen atoms in total. The highest BCUT2D eigenvalue weighted by Crippen LogP contribution is 2.23. The van der Waals surface area contributed by atoms with Gasteiger partial charge in [0.1, 0.15) is 17.1 Å². The van der Waals surface area contributed by atoms with Crippen LogP contribution in [-0.2, 0) is 4.74 Å². The summed E-state index contributed by atoms with van der Waals surface area (Å²) in [6, 6.07) is 4.25. The summed E-state index contributed by atoms with van der Waals surface area (Å²) in [6.07, 6.45) is -0.421. The molecule has 1 amide bonds. The van der Waals surface area contributed by atoms with Crippen LogP contribution in [0.4, 0.5) is 4.39 Å². The van der Waals surface area contributed by atoms with Crippen LogP contribution in [0.3, 0.4) is 0 Å². The molecular formula is C13H16FNO4. The highest BCUT2D eigenvalue weighted by atomic mass is 19.1. The molecule has 104 valence electrons. The molecule has 0 radical (unpaired) electrons. The molecule has 6 heteroatoms. The first-order valence-corrected chi connectivity index (χ1v) is 6.01. The molecule has 19 heavy (non-hydrogen) atoms. The second-order valence-electron chi connectivity index (χ2n) is 4.24. The zero-order chi connectivity index (χ0) is 13.8. The van der Waals surface area contributed by atoms with Crippen LogP contribution in [0.2, 0.25) is 0 Å². The van der Waals surface area contributed by atoms with E-state index in [2.05, 4.69) is 0 Å². The molecule has 0 aliphatic carbocycles. The van der Waals surface area contributed by atoms with Gasteiger partial charge < -0.3 is 19.5 Å². The van der Waals surface area contributed by atoms with Gasteiger partial charge in [-0.15, -0.1) is 0 Å². The maximum atomic E-state index is 13.8. The van der Waals surface area contributed by atoms with Crippen molar-refractivity contribution in [2.24, 2.45) is 0 Å². The van der Waals surface area contributed by atoms with Crippen molar-refractivity contribution in [1.82, 2.24) is 4.90 Å². The van der Waals surface area contributed by atoms with E-state index in [-0.39, 0.29) is 24.5 Å². The molecule has 0 saturated carbocycles. The maximum absolute atomic E-state index is 13.8. The van der Waals surface area contributed by atoms with E-state index in [1.807, 2.05) is 0 Å². The van der Waals surface area contributed by atoms with E-state index in [9.17, 15) is 9.18 Å². The van der Waals surface area contributed by atoms with Crippen molar-refractivity contribution in [3.05, 3.63) is 29.6 Å². The Hall–Kier alpha value is -1.66. The number of aliphatic hydroxyl groups excluding tert-OH is 1. The largest absolute Gasteiger partial charge is 0.496 e. The number of halogens is 1. The van der Waals surface area contributed by atoms with Crippen LogP contribution in [0.25, 0.3) is 0 Å². The van der Waals surface area contributed by atoms with Gasteiger partial charge in [0, 0.05) is 13.1 Å². The Labute approximate surface area is 110 Å². The van der Waals surface area contributed by atoms with Gasteiger partial charge in [-0.25, -0.2) is 4.39 Å². The molecule has 1 heterocycles. The molecule has 1 aromatic rings. The molecular weight excluding hydrogens is 253 g/mol. The number of morpholine rings is 1. The SMILES string of the molecule is COc1cccc(F)c1C(=O)N1CCOC(CO)C1. The molecule has 2 rings (SSSR count). The summed E-state index contributed by atoms with van der Waals surface area (Å²) in [5.74, 6) is -0.856. The molecule has 1 aliphatic rings. The number of ether oxygens (including phenoxy) is 2. The number of nitrogens with zero attached hydrogens (tertiary/aromatic N) is 1. The van der Waals surface area contributed by atoms with Gasteiger partial charge in [0.05, 0.1) is 26.4 Å². The van der Waals surface area contributed by atoms with Crippen molar-refractivity contribution in [2.45, 2.75) is 6.10 Å². The average molecular weight is 269 g/mol. The van der Waals surface area contributed by atoms with Crippen LogP contribution in [0.1, 0.15) is 10.4 Å². The Morgan fingerprint density at radius 3 is 3.11 bits per heavy atom. The Balaban J connectivity index is 2.24. The van der Waals surface area contributed by atoms with Crippen molar-refractivity contribution >= 4 is 5.91 Å². The monoisotopic (exact) mass is 269 g/mol. The van der Waals surface area contributed by atoms with E-state index in [0.717, 1.165) is 0 Å². The summed E-state index contributed by atoms with van der Waals surface area (Å²) >= 11 is 0. The van der Waals surface area contributed by atoms with Crippen molar-refractivity contribution < 1.29 is 23.8 Å². The summed E-state index contributed by atoms with van der Waals surface area (Å²) in [5.41, 5.74) is -0.0800. The maximum Gasteiger partial charge on any atom is 0.260 e. The topological polar surface area (TPSA) is 59.0 Å². The number of hydrogen-bond acceptors (Lipinski definition) is 4. The van der Waals surface area contributed by atoms with Gasteiger partial charge in [0.25, 0.3) is 5.91 Å². The third kappa shape index (κ3) is 2.85. The van der Waals surface area contributed by atoms with Gasteiger partial charge in [-0.2, -0.15) is 0 Å². The van der Waals surface area contributed by atoms with Gasteiger partial charge >= 0.3 is 0 Å². The predicted molar refractivity (Wildman–Crippen MR) is 65.7 cm³/mol. The van der Waals surface area contributed by atoms with E-state index in [4.69, 9.17) is 14.6 Å². The fourth-order valence-corrected chi connectivity index (χ4v) is 2.05.